The second kappa shape index (κ2) is 10.0. The van der Waals surface area contributed by atoms with E-state index in [0.717, 1.165) is 63.5 Å². The lowest BCUT2D eigenvalue weighted by atomic mass is 10.1. The minimum absolute atomic E-state index is 0.163. The Morgan fingerprint density at radius 3 is 2.55 bits per heavy atom. The summed E-state index contributed by atoms with van der Waals surface area (Å²) in [5.74, 6) is 0.511. The normalized spacial score (nSPS) is 22.0. The van der Waals surface area contributed by atoms with Crippen molar-refractivity contribution in [2.24, 2.45) is 0 Å². The van der Waals surface area contributed by atoms with Crippen LogP contribution in [0.4, 0.5) is 0 Å². The van der Waals surface area contributed by atoms with Crippen LogP contribution < -0.4 is 10.1 Å². The van der Waals surface area contributed by atoms with Crippen LogP contribution in [0.15, 0.2) is 42.5 Å². The predicted molar refractivity (Wildman–Crippen MR) is 123 cm³/mol. The average molecular weight is 450 g/mol. The lowest BCUT2D eigenvalue weighted by Crippen LogP contribution is -2.44. The lowest BCUT2D eigenvalue weighted by molar-refractivity contribution is -0.132. The average Bonchev–Trinajstić information content (AvgIpc) is 3.16. The maximum atomic E-state index is 12.4. The van der Waals surface area contributed by atoms with Crippen LogP contribution in [0, 0.1) is 0 Å². The molecule has 3 aliphatic heterocycles. The van der Waals surface area contributed by atoms with Gasteiger partial charge >= 0.3 is 0 Å². The molecule has 3 aliphatic rings. The van der Waals surface area contributed by atoms with E-state index in [0.29, 0.717) is 19.6 Å². The van der Waals surface area contributed by atoms with Crippen LogP contribution in [0.2, 0.25) is 0 Å². The van der Waals surface area contributed by atoms with Crippen molar-refractivity contribution in [3.05, 3.63) is 64.7 Å². The molecule has 5 rings (SSSR count). The Morgan fingerprint density at radius 1 is 0.970 bits per heavy atom. The van der Waals surface area contributed by atoms with Gasteiger partial charge in [-0.05, 0) is 47.2 Å². The Bertz CT molecular complexity index is 1000. The van der Waals surface area contributed by atoms with Crippen LogP contribution in [0.3, 0.4) is 0 Å². The molecule has 0 aromatic heterocycles. The summed E-state index contributed by atoms with van der Waals surface area (Å²) >= 11 is 0. The molecule has 0 spiro atoms. The molecule has 2 aromatic rings. The third-order valence-electron chi connectivity index (χ3n) is 6.75. The standard InChI is InChI=1S/C26H31N3O4/c30-25-3-1-2-24(26(31)27-25)29-16-21-8-9-23(14-22(21)17-29)33-18-20-6-4-19(5-7-20)15-28-10-12-32-13-11-28/h4-9,14,24H,1-3,10-13,15-18H2,(H,27,30,31)/t24-/m0/s1. The Balaban J connectivity index is 1.15. The minimum Gasteiger partial charge on any atom is -0.489 e. The molecule has 0 aliphatic carbocycles. The van der Waals surface area contributed by atoms with Crippen molar-refractivity contribution in [1.29, 1.82) is 0 Å². The number of carbonyl (C=O) groups excluding carboxylic acids is 2. The molecule has 0 radical (unpaired) electrons. The molecule has 7 nitrogen and oxygen atoms in total. The van der Waals surface area contributed by atoms with Crippen molar-refractivity contribution in [1.82, 2.24) is 15.1 Å². The molecular weight excluding hydrogens is 418 g/mol. The number of hydrogen-bond donors (Lipinski definition) is 1. The summed E-state index contributed by atoms with van der Waals surface area (Å²) in [5, 5.41) is 2.52. The van der Waals surface area contributed by atoms with Gasteiger partial charge in [0.25, 0.3) is 0 Å². The van der Waals surface area contributed by atoms with Crippen LogP contribution in [-0.2, 0) is 40.6 Å². The van der Waals surface area contributed by atoms with Gasteiger partial charge in [-0.25, -0.2) is 0 Å². The molecular formula is C26H31N3O4. The highest BCUT2D eigenvalue weighted by atomic mass is 16.5. The van der Waals surface area contributed by atoms with Gasteiger partial charge in [-0.1, -0.05) is 30.3 Å². The van der Waals surface area contributed by atoms with Crippen molar-refractivity contribution < 1.29 is 19.1 Å². The molecule has 1 N–H and O–H groups in total. The first kappa shape index (κ1) is 22.1. The maximum absolute atomic E-state index is 12.4. The molecule has 3 heterocycles. The lowest BCUT2D eigenvalue weighted by Gasteiger charge is -2.26. The molecule has 2 saturated heterocycles. The molecule has 0 saturated carbocycles. The quantitative estimate of drug-likeness (QED) is 0.684. The number of hydrogen-bond acceptors (Lipinski definition) is 6. The smallest absolute Gasteiger partial charge is 0.243 e. The summed E-state index contributed by atoms with van der Waals surface area (Å²) in [5.41, 5.74) is 4.86. The third kappa shape index (κ3) is 5.43. The van der Waals surface area contributed by atoms with Gasteiger partial charge in [0.05, 0.1) is 19.3 Å². The number of nitrogens with one attached hydrogen (secondary N) is 1. The fourth-order valence-electron chi connectivity index (χ4n) is 4.85. The molecule has 33 heavy (non-hydrogen) atoms. The van der Waals surface area contributed by atoms with Crippen LogP contribution in [-0.4, -0.2) is 54.0 Å². The van der Waals surface area contributed by atoms with E-state index in [4.69, 9.17) is 9.47 Å². The Morgan fingerprint density at radius 2 is 1.73 bits per heavy atom. The van der Waals surface area contributed by atoms with Crippen molar-refractivity contribution in [3.8, 4) is 5.75 Å². The molecule has 2 amide bonds. The zero-order valence-electron chi connectivity index (χ0n) is 18.9. The van der Waals surface area contributed by atoms with Crippen LogP contribution in [0.5, 0.6) is 5.75 Å². The van der Waals surface area contributed by atoms with Gasteiger partial charge in [0, 0.05) is 39.1 Å². The second-order valence-corrected chi connectivity index (χ2v) is 9.15. The highest BCUT2D eigenvalue weighted by molar-refractivity contribution is 5.98. The number of nitrogens with zero attached hydrogens (tertiary/aromatic N) is 2. The fourth-order valence-corrected chi connectivity index (χ4v) is 4.85. The van der Waals surface area contributed by atoms with Crippen LogP contribution in [0.25, 0.3) is 0 Å². The number of amides is 2. The Labute approximate surface area is 194 Å². The van der Waals surface area contributed by atoms with Gasteiger partial charge in [0.15, 0.2) is 0 Å². The van der Waals surface area contributed by atoms with Gasteiger partial charge in [0.1, 0.15) is 12.4 Å². The zero-order valence-corrected chi connectivity index (χ0v) is 18.9. The van der Waals surface area contributed by atoms with E-state index in [9.17, 15) is 9.59 Å². The van der Waals surface area contributed by atoms with Crippen molar-refractivity contribution in [2.75, 3.05) is 26.3 Å². The maximum Gasteiger partial charge on any atom is 0.243 e. The highest BCUT2D eigenvalue weighted by Gasteiger charge is 2.33. The Hall–Kier alpha value is -2.74. The summed E-state index contributed by atoms with van der Waals surface area (Å²) < 4.78 is 11.5. The third-order valence-corrected chi connectivity index (χ3v) is 6.75. The summed E-state index contributed by atoms with van der Waals surface area (Å²) in [6, 6.07) is 14.6. The number of carbonyl (C=O) groups is 2. The summed E-state index contributed by atoms with van der Waals surface area (Å²) in [6.07, 6.45) is 1.89. The van der Waals surface area contributed by atoms with E-state index in [1.165, 1.54) is 16.7 Å². The van der Waals surface area contributed by atoms with Crippen molar-refractivity contribution >= 4 is 11.8 Å². The molecule has 7 heteroatoms. The Kier molecular flexibility index (Phi) is 6.71. The first-order chi connectivity index (χ1) is 16.1. The summed E-state index contributed by atoms with van der Waals surface area (Å²) in [4.78, 5) is 28.6. The fraction of sp³-hybridized carbons (Fsp3) is 0.462. The monoisotopic (exact) mass is 449 g/mol. The number of morpholine rings is 1. The van der Waals surface area contributed by atoms with Crippen LogP contribution in [0.1, 0.15) is 41.5 Å². The van der Waals surface area contributed by atoms with E-state index in [2.05, 4.69) is 51.5 Å². The van der Waals surface area contributed by atoms with Gasteiger partial charge < -0.3 is 9.47 Å². The summed E-state index contributed by atoms with van der Waals surface area (Å²) in [7, 11) is 0. The SMILES string of the molecule is O=C1CCC[C@H](N2Cc3ccc(OCc4ccc(CN5CCOCC5)cc4)cc3C2)C(=O)N1. The van der Waals surface area contributed by atoms with Crippen molar-refractivity contribution in [3.63, 3.8) is 0 Å². The number of imide groups is 1. The first-order valence-corrected chi connectivity index (χ1v) is 11.8. The van der Waals surface area contributed by atoms with E-state index in [1.807, 2.05) is 6.07 Å². The molecule has 0 unspecified atom stereocenters. The minimum atomic E-state index is -0.246. The molecule has 0 bridgehead atoms. The number of fused-ring (bicyclic) bond motifs is 1. The number of ether oxygens (including phenoxy) is 2. The molecule has 2 fully saturated rings. The van der Waals surface area contributed by atoms with Gasteiger partial charge in [-0.3, -0.25) is 24.7 Å². The topological polar surface area (TPSA) is 71.1 Å². The second-order valence-electron chi connectivity index (χ2n) is 9.15. The van der Waals surface area contributed by atoms with E-state index in [-0.39, 0.29) is 17.9 Å². The predicted octanol–water partition coefficient (Wildman–Crippen LogP) is 2.61. The van der Waals surface area contributed by atoms with Gasteiger partial charge in [0.2, 0.25) is 11.8 Å². The molecule has 2 aromatic carbocycles. The van der Waals surface area contributed by atoms with Crippen molar-refractivity contribution in [2.45, 2.75) is 51.5 Å². The molecule has 174 valence electrons. The molecule has 1 atom stereocenters. The largest absolute Gasteiger partial charge is 0.489 e. The summed E-state index contributed by atoms with van der Waals surface area (Å²) in [6.45, 7) is 6.53. The first-order valence-electron chi connectivity index (χ1n) is 11.8. The van der Waals surface area contributed by atoms with E-state index in [1.54, 1.807) is 0 Å². The zero-order chi connectivity index (χ0) is 22.6. The highest BCUT2D eigenvalue weighted by Crippen LogP contribution is 2.30. The van der Waals surface area contributed by atoms with Gasteiger partial charge in [-0.15, -0.1) is 0 Å². The number of rotatable bonds is 6. The van der Waals surface area contributed by atoms with E-state index < -0.39 is 0 Å². The van der Waals surface area contributed by atoms with Crippen LogP contribution >= 0.6 is 0 Å². The van der Waals surface area contributed by atoms with E-state index >= 15 is 0 Å². The number of benzene rings is 2. The van der Waals surface area contributed by atoms with Gasteiger partial charge in [-0.2, -0.15) is 0 Å².